The first kappa shape index (κ1) is 67.2. The minimum absolute atomic E-state index is 0.931. The number of benzene rings is 16. The van der Waals surface area contributed by atoms with Crippen LogP contribution in [0.5, 0.6) is 0 Å². The Morgan fingerprint density at radius 3 is 0.976 bits per heavy atom. The van der Waals surface area contributed by atoms with Crippen LogP contribution in [-0.2, 0) is 0 Å². The summed E-state index contributed by atoms with van der Waals surface area (Å²) in [6, 6.07) is 129. The van der Waals surface area contributed by atoms with Crippen LogP contribution >= 0.6 is 34.0 Å². The molecule has 11 nitrogen and oxygen atoms in total. The lowest BCUT2D eigenvalue weighted by molar-refractivity contribution is 1.18. The Kier molecular flexibility index (Phi) is 13.9. The Morgan fingerprint density at radius 2 is 0.512 bits per heavy atom. The largest absolute Gasteiger partial charge is 0.309 e. The van der Waals surface area contributed by atoms with Gasteiger partial charge in [-0.3, -0.25) is 18.2 Å². The molecule has 0 saturated carbocycles. The highest BCUT2D eigenvalue weighted by atomic mass is 32.1. The summed E-state index contributed by atoms with van der Waals surface area (Å²) in [4.78, 5) is 25.3. The number of rotatable bonds is 3. The molecule has 0 aliphatic carbocycles. The maximum Gasteiger partial charge on any atom is 0.147 e. The fourth-order valence-corrected chi connectivity index (χ4v) is 24.0. The standard InChI is InChI=1S/C37H21N3S.2C36H20N4S/c1-2-10-22(11-3-1)39-31-18-19-34-36(24-13-5-9-17-33(24)41-34)35(31)27-20-25-23-12-4-7-15-29(23)40-30-16-8-6-14-28(30)38-37(40)26(25)21-32(27)39;1-2-9-21(10-3-1)39-29-16-17-32-34(23-11-4-7-15-31(23)41-32)33(29)26-19-24-22-12-8-18-37-35(22)40-28-14-6-5-13-27(28)38-36(40)25(24)20-30(26)39;1-2-9-21(10-3-1)39-28-16-17-32-34(22-11-4-7-15-31(22)41-32)33(28)25-19-23-24(20-30(25)39)36-38-26-12-5-6-13-27(26)40(36)29-14-8-18-37-35(23)29/h1-21H;2*1-20H. The summed E-state index contributed by atoms with van der Waals surface area (Å²) in [5.41, 5.74) is 24.0. The van der Waals surface area contributed by atoms with E-state index in [9.17, 15) is 0 Å². The zero-order valence-corrected chi connectivity index (χ0v) is 67.8. The first-order valence-electron chi connectivity index (χ1n) is 41.4. The van der Waals surface area contributed by atoms with Gasteiger partial charge in [0.1, 0.15) is 22.6 Å². The van der Waals surface area contributed by atoms with Crippen molar-refractivity contribution < 1.29 is 0 Å². The van der Waals surface area contributed by atoms with Crippen LogP contribution in [0.4, 0.5) is 0 Å². The van der Waals surface area contributed by atoms with Crippen molar-refractivity contribution in [1.29, 1.82) is 0 Å². The Morgan fingerprint density at radius 1 is 0.179 bits per heavy atom. The Hall–Kier alpha value is -15.7. The number of para-hydroxylation sites is 10. The average molecular weight is 1620 g/mol. The molecular weight excluding hydrogens is 1560 g/mol. The highest BCUT2D eigenvalue weighted by Gasteiger charge is 2.27. The van der Waals surface area contributed by atoms with Gasteiger partial charge in [-0.25, -0.2) is 19.9 Å². The molecule has 16 aromatic carbocycles. The number of fused-ring (bicyclic) bond motifs is 45. The van der Waals surface area contributed by atoms with Crippen molar-refractivity contribution in [2.75, 3.05) is 0 Å². The molecule has 0 radical (unpaired) electrons. The predicted molar refractivity (Wildman–Crippen MR) is 520 cm³/mol. The molecule has 14 aromatic heterocycles. The third kappa shape index (κ3) is 9.42. The number of imidazole rings is 3. The first-order chi connectivity index (χ1) is 61.0. The third-order valence-electron chi connectivity index (χ3n) is 25.7. The van der Waals surface area contributed by atoms with E-state index in [1.807, 2.05) is 58.5 Å². The smallest absolute Gasteiger partial charge is 0.147 e. The summed E-state index contributed by atoms with van der Waals surface area (Å²) >= 11 is 5.61. The van der Waals surface area contributed by atoms with Crippen LogP contribution in [-0.4, -0.2) is 51.8 Å². The van der Waals surface area contributed by atoms with Gasteiger partial charge in [0.05, 0.1) is 82.8 Å². The molecule has 0 atom stereocenters. The minimum atomic E-state index is 0.931. The Bertz CT molecular complexity index is 8970. The van der Waals surface area contributed by atoms with Gasteiger partial charge in [-0.2, -0.15) is 0 Å². The minimum Gasteiger partial charge on any atom is -0.309 e. The maximum absolute atomic E-state index is 5.19. The predicted octanol–water partition coefficient (Wildman–Crippen LogP) is 29.6. The van der Waals surface area contributed by atoms with E-state index in [0.29, 0.717) is 0 Å². The van der Waals surface area contributed by atoms with Gasteiger partial charge < -0.3 is 13.7 Å². The van der Waals surface area contributed by atoms with Gasteiger partial charge in [-0.15, -0.1) is 34.0 Å². The topological polar surface area (TPSA) is 92.5 Å². The molecule has 30 aromatic rings. The first-order valence-corrected chi connectivity index (χ1v) is 43.9. The van der Waals surface area contributed by atoms with Crippen LogP contribution in [0.25, 0.3) is 258 Å². The molecule has 0 fully saturated rings. The molecule has 570 valence electrons. The molecule has 0 unspecified atom stereocenters. The van der Waals surface area contributed by atoms with Crippen LogP contribution in [0.2, 0.25) is 0 Å². The van der Waals surface area contributed by atoms with Gasteiger partial charge in [0.2, 0.25) is 0 Å². The highest BCUT2D eigenvalue weighted by Crippen LogP contribution is 2.51. The van der Waals surface area contributed by atoms with Crippen molar-refractivity contribution in [3.63, 3.8) is 0 Å². The van der Waals surface area contributed by atoms with Gasteiger partial charge in [-0.05, 0) is 205 Å². The van der Waals surface area contributed by atoms with Crippen LogP contribution in [0.1, 0.15) is 0 Å². The van der Waals surface area contributed by atoms with E-state index in [-0.39, 0.29) is 0 Å². The van der Waals surface area contributed by atoms with E-state index < -0.39 is 0 Å². The second-order valence-electron chi connectivity index (χ2n) is 32.1. The third-order valence-corrected chi connectivity index (χ3v) is 29.1. The van der Waals surface area contributed by atoms with Crippen molar-refractivity contribution in [3.8, 4) is 17.1 Å². The van der Waals surface area contributed by atoms with Crippen LogP contribution < -0.4 is 0 Å². The van der Waals surface area contributed by atoms with Gasteiger partial charge in [0.15, 0.2) is 0 Å². The second-order valence-corrected chi connectivity index (χ2v) is 35.3. The lowest BCUT2D eigenvalue weighted by atomic mass is 10.0. The van der Waals surface area contributed by atoms with Crippen LogP contribution in [0.3, 0.4) is 0 Å². The van der Waals surface area contributed by atoms with Crippen LogP contribution in [0, 0.1) is 0 Å². The van der Waals surface area contributed by atoms with E-state index in [0.717, 1.165) is 105 Å². The molecule has 123 heavy (non-hydrogen) atoms. The second kappa shape index (κ2) is 25.4. The normalized spacial score (nSPS) is 12.4. The molecule has 14 heterocycles. The molecule has 14 heteroatoms. The SMILES string of the molecule is c1ccc(-n2c3cc4c(cc3c3c5c(ccc32)sc2ccccc25)c2ccccc2n2c3ccccc3nc42)cc1.c1ccc(-n2c3cc4c(cc3c3c5c(ccc32)sc2ccccc25)c2cccnc2n2c3ccccc3nc42)cc1.c1ccc(-n2c3cc4c(cc3c3c5c(ccc32)sc2ccccc25)c2ncccc2n2c3ccccc3nc42)cc1. The number of thiophene rings is 3. The quantitative estimate of drug-likeness (QED) is 0.164. The molecule has 0 saturated heterocycles. The Labute approximate surface area is 709 Å². The lowest BCUT2D eigenvalue weighted by Crippen LogP contribution is -1.95. The fraction of sp³-hybridized carbons (Fsp3) is 0. The highest BCUT2D eigenvalue weighted by molar-refractivity contribution is 7.27. The van der Waals surface area contributed by atoms with Gasteiger partial charge >= 0.3 is 0 Å². The maximum atomic E-state index is 5.19. The van der Waals surface area contributed by atoms with E-state index in [4.69, 9.17) is 24.9 Å². The molecule has 0 spiro atoms. The van der Waals surface area contributed by atoms with Crippen molar-refractivity contribution in [3.05, 3.63) is 370 Å². The monoisotopic (exact) mass is 1620 g/mol. The van der Waals surface area contributed by atoms with Crippen LogP contribution in [0.15, 0.2) is 370 Å². The molecule has 0 aliphatic heterocycles. The zero-order valence-electron chi connectivity index (χ0n) is 65.4. The van der Waals surface area contributed by atoms with E-state index in [1.54, 1.807) is 0 Å². The zero-order chi connectivity index (χ0) is 80.0. The van der Waals surface area contributed by atoms with Crippen molar-refractivity contribution >= 4 is 275 Å². The summed E-state index contributed by atoms with van der Waals surface area (Å²) in [6.45, 7) is 0. The van der Waals surface area contributed by atoms with Gasteiger partial charge in [-0.1, -0.05) is 164 Å². The number of aromatic nitrogens is 11. The van der Waals surface area contributed by atoms with E-state index in [1.165, 1.54) is 153 Å². The lowest BCUT2D eigenvalue weighted by Gasteiger charge is -2.11. The molecule has 0 amide bonds. The number of hydrogen-bond acceptors (Lipinski definition) is 8. The molecule has 0 bridgehead atoms. The number of hydrogen-bond donors (Lipinski definition) is 0. The van der Waals surface area contributed by atoms with Crippen molar-refractivity contribution in [2.45, 2.75) is 0 Å². The molecule has 30 rings (SSSR count). The number of pyridine rings is 5. The molecular formula is C109H61N11S3. The number of nitrogens with zero attached hydrogens (tertiary/aromatic N) is 11. The summed E-state index contributed by atoms with van der Waals surface area (Å²) in [5, 5.41) is 24.9. The average Bonchev–Trinajstić information content (AvgIpc) is 1.55. The van der Waals surface area contributed by atoms with Crippen molar-refractivity contribution in [1.82, 2.24) is 51.8 Å². The summed E-state index contributed by atoms with van der Waals surface area (Å²) in [6.07, 6.45) is 3.78. The van der Waals surface area contributed by atoms with E-state index >= 15 is 0 Å². The fourth-order valence-electron chi connectivity index (χ4n) is 20.7. The molecule has 0 N–H and O–H groups in total. The molecule has 0 aliphatic rings. The summed E-state index contributed by atoms with van der Waals surface area (Å²) in [5.74, 6) is 0. The Balaban J connectivity index is 0.0000000946. The summed E-state index contributed by atoms with van der Waals surface area (Å²) < 4.78 is 22.0. The summed E-state index contributed by atoms with van der Waals surface area (Å²) in [7, 11) is 0. The van der Waals surface area contributed by atoms with Gasteiger partial charge in [0.25, 0.3) is 0 Å². The van der Waals surface area contributed by atoms with Gasteiger partial charge in [0, 0.05) is 155 Å². The van der Waals surface area contributed by atoms with E-state index in [2.05, 4.69) is 373 Å². The van der Waals surface area contributed by atoms with Crippen molar-refractivity contribution in [2.24, 2.45) is 0 Å².